The van der Waals surface area contributed by atoms with Gasteiger partial charge in [0.2, 0.25) is 0 Å². The Kier molecular flexibility index (Phi) is 4.06. The number of hydrogen-bond acceptors (Lipinski definition) is 5. The van der Waals surface area contributed by atoms with Crippen molar-refractivity contribution < 1.29 is 16.8 Å². The van der Waals surface area contributed by atoms with E-state index in [9.17, 15) is 16.8 Å². The van der Waals surface area contributed by atoms with Gasteiger partial charge in [0, 0.05) is 13.1 Å². The van der Waals surface area contributed by atoms with Gasteiger partial charge >= 0.3 is 0 Å². The lowest BCUT2D eigenvalue weighted by atomic mass is 10.3. The highest BCUT2D eigenvalue weighted by molar-refractivity contribution is 7.93. The number of sulfonamides is 1. The third-order valence-corrected chi connectivity index (χ3v) is 8.63. The number of thiophene rings is 1. The predicted octanol–water partition coefficient (Wildman–Crippen LogP) is 1.19. The summed E-state index contributed by atoms with van der Waals surface area (Å²) in [4.78, 5) is 0. The summed E-state index contributed by atoms with van der Waals surface area (Å²) in [6.07, 6.45) is 0. The van der Waals surface area contributed by atoms with Gasteiger partial charge < -0.3 is 0 Å². The maximum atomic E-state index is 12.1. The van der Waals surface area contributed by atoms with Gasteiger partial charge in [-0.3, -0.25) is 0 Å². The van der Waals surface area contributed by atoms with Gasteiger partial charge in [0.25, 0.3) is 10.0 Å². The summed E-state index contributed by atoms with van der Waals surface area (Å²) < 4.78 is 49.7. The van der Waals surface area contributed by atoms with Crippen LogP contribution in [0.25, 0.3) is 0 Å². The van der Waals surface area contributed by atoms with Crippen molar-refractivity contribution in [2.75, 3.05) is 18.8 Å². The van der Waals surface area contributed by atoms with Crippen LogP contribution in [0.3, 0.4) is 0 Å². The number of nitrogens with zero attached hydrogens (tertiary/aromatic N) is 1. The van der Waals surface area contributed by atoms with E-state index in [1.165, 1.54) is 10.4 Å². The Hall–Kier alpha value is -0.440. The normalized spacial score (nSPS) is 18.7. The zero-order valence-corrected chi connectivity index (χ0v) is 13.3. The molecular weight excluding hydrogens is 306 g/mol. The topological polar surface area (TPSA) is 71.5 Å². The molecule has 1 aliphatic heterocycles. The zero-order chi connectivity index (χ0) is 14.3. The molecule has 0 aliphatic carbocycles. The van der Waals surface area contributed by atoms with Crippen LogP contribution in [0.4, 0.5) is 0 Å². The van der Waals surface area contributed by atoms with Crippen LogP contribution < -0.4 is 0 Å². The first-order valence-electron chi connectivity index (χ1n) is 5.98. The summed E-state index contributed by atoms with van der Waals surface area (Å²) in [5.41, 5.74) is 0. The van der Waals surface area contributed by atoms with Gasteiger partial charge in [-0.1, -0.05) is 19.9 Å². The molecule has 1 aromatic rings. The van der Waals surface area contributed by atoms with Crippen molar-refractivity contribution in [3.63, 3.8) is 0 Å². The second kappa shape index (κ2) is 5.16. The van der Waals surface area contributed by atoms with Crippen molar-refractivity contribution in [1.29, 1.82) is 0 Å². The SMILES string of the molecule is CC(C)CS(=O)(=O)C1CN(S(=O)(=O)c2cccs2)C1. The zero-order valence-electron chi connectivity index (χ0n) is 10.8. The molecule has 2 rings (SSSR count). The van der Waals surface area contributed by atoms with E-state index in [1.807, 2.05) is 13.8 Å². The summed E-state index contributed by atoms with van der Waals surface area (Å²) >= 11 is 1.15. The third-order valence-electron chi connectivity index (χ3n) is 2.98. The lowest BCUT2D eigenvalue weighted by Crippen LogP contribution is -2.57. The summed E-state index contributed by atoms with van der Waals surface area (Å²) in [5.74, 6) is 0.179. The van der Waals surface area contributed by atoms with Gasteiger partial charge in [-0.15, -0.1) is 11.3 Å². The molecule has 1 aromatic heterocycles. The standard InChI is InChI=1S/C11H17NO4S3/c1-9(2)8-18(13,14)10-6-12(7-10)19(15,16)11-4-3-5-17-11/h3-5,9-10H,6-8H2,1-2H3. The predicted molar refractivity (Wildman–Crippen MR) is 75.5 cm³/mol. The summed E-state index contributed by atoms with van der Waals surface area (Å²) in [7, 11) is -6.68. The Labute approximate surface area is 118 Å². The highest BCUT2D eigenvalue weighted by Gasteiger charge is 2.43. The molecule has 0 amide bonds. The van der Waals surface area contributed by atoms with Gasteiger partial charge in [0.15, 0.2) is 9.84 Å². The molecule has 0 unspecified atom stereocenters. The lowest BCUT2D eigenvalue weighted by Gasteiger charge is -2.37. The van der Waals surface area contributed by atoms with Crippen LogP contribution in [0, 0.1) is 5.92 Å². The molecule has 0 bridgehead atoms. The van der Waals surface area contributed by atoms with Crippen molar-refractivity contribution in [1.82, 2.24) is 4.31 Å². The molecule has 1 saturated heterocycles. The van der Waals surface area contributed by atoms with E-state index in [0.717, 1.165) is 11.3 Å². The molecule has 5 nitrogen and oxygen atoms in total. The minimum Gasteiger partial charge on any atom is -0.228 e. The molecule has 0 saturated carbocycles. The quantitative estimate of drug-likeness (QED) is 0.816. The molecule has 2 heterocycles. The van der Waals surface area contributed by atoms with E-state index in [1.54, 1.807) is 11.4 Å². The second-order valence-electron chi connectivity index (χ2n) is 5.10. The maximum Gasteiger partial charge on any atom is 0.252 e. The molecule has 8 heteroatoms. The largest absolute Gasteiger partial charge is 0.252 e. The van der Waals surface area contributed by atoms with Crippen LogP contribution in [0.1, 0.15) is 13.8 Å². The van der Waals surface area contributed by atoms with Crippen molar-refractivity contribution in [3.05, 3.63) is 17.5 Å². The van der Waals surface area contributed by atoms with Crippen LogP contribution in [0.15, 0.2) is 21.7 Å². The Balaban J connectivity index is 2.05. The van der Waals surface area contributed by atoms with Crippen molar-refractivity contribution in [3.8, 4) is 0 Å². The van der Waals surface area contributed by atoms with Gasteiger partial charge in [0.1, 0.15) is 4.21 Å². The minimum absolute atomic E-state index is 0.0629. The monoisotopic (exact) mass is 323 g/mol. The molecule has 0 atom stereocenters. The smallest absolute Gasteiger partial charge is 0.228 e. The molecule has 1 fully saturated rings. The highest BCUT2D eigenvalue weighted by Crippen LogP contribution is 2.28. The Morgan fingerprint density at radius 1 is 1.32 bits per heavy atom. The summed E-state index contributed by atoms with van der Waals surface area (Å²) in [6, 6.07) is 3.21. The molecule has 0 N–H and O–H groups in total. The van der Waals surface area contributed by atoms with E-state index < -0.39 is 25.1 Å². The first-order chi connectivity index (χ1) is 8.73. The first-order valence-corrected chi connectivity index (χ1v) is 10.0. The first kappa shape index (κ1) is 15.0. The van der Waals surface area contributed by atoms with Crippen molar-refractivity contribution >= 4 is 31.2 Å². The van der Waals surface area contributed by atoms with E-state index in [0.29, 0.717) is 0 Å². The molecule has 108 valence electrons. The summed E-state index contributed by atoms with van der Waals surface area (Å²) in [5, 5.41) is 1.14. The average molecular weight is 323 g/mol. The minimum atomic E-state index is -3.49. The Morgan fingerprint density at radius 2 is 1.95 bits per heavy atom. The molecule has 0 aromatic carbocycles. The van der Waals surface area contributed by atoms with Crippen molar-refractivity contribution in [2.45, 2.75) is 23.3 Å². The second-order valence-corrected chi connectivity index (χ2v) is 10.5. The van der Waals surface area contributed by atoms with Gasteiger partial charge in [-0.2, -0.15) is 4.31 Å². The summed E-state index contributed by atoms with van der Waals surface area (Å²) in [6.45, 7) is 3.84. The van der Waals surface area contributed by atoms with E-state index in [-0.39, 0.29) is 29.0 Å². The maximum absolute atomic E-state index is 12.1. The van der Waals surface area contributed by atoms with Crippen LogP contribution in [0.2, 0.25) is 0 Å². The molecule has 0 radical (unpaired) electrons. The van der Waals surface area contributed by atoms with Gasteiger partial charge in [0.05, 0.1) is 11.0 Å². The Bertz CT molecular complexity index is 625. The lowest BCUT2D eigenvalue weighted by molar-refractivity contribution is 0.310. The van der Waals surface area contributed by atoms with E-state index in [4.69, 9.17) is 0 Å². The number of hydrogen-bond donors (Lipinski definition) is 0. The molecular formula is C11H17NO4S3. The van der Waals surface area contributed by atoms with E-state index in [2.05, 4.69) is 0 Å². The van der Waals surface area contributed by atoms with Crippen LogP contribution in [0.5, 0.6) is 0 Å². The third kappa shape index (κ3) is 3.01. The van der Waals surface area contributed by atoms with Crippen molar-refractivity contribution in [2.24, 2.45) is 5.92 Å². The number of sulfone groups is 1. The molecule has 1 aliphatic rings. The number of rotatable bonds is 5. The van der Waals surface area contributed by atoms with Gasteiger partial charge in [-0.05, 0) is 17.4 Å². The van der Waals surface area contributed by atoms with Crippen LogP contribution >= 0.6 is 11.3 Å². The fourth-order valence-corrected chi connectivity index (χ4v) is 6.84. The van der Waals surface area contributed by atoms with Gasteiger partial charge in [-0.25, -0.2) is 16.8 Å². The molecule has 0 spiro atoms. The van der Waals surface area contributed by atoms with Crippen LogP contribution in [-0.2, 0) is 19.9 Å². The van der Waals surface area contributed by atoms with E-state index >= 15 is 0 Å². The molecule has 19 heavy (non-hydrogen) atoms. The Morgan fingerprint density at radius 3 is 2.42 bits per heavy atom. The average Bonchev–Trinajstić information content (AvgIpc) is 2.63. The van der Waals surface area contributed by atoms with Crippen LogP contribution in [-0.4, -0.2) is 45.2 Å². The highest BCUT2D eigenvalue weighted by atomic mass is 32.2. The fourth-order valence-electron chi connectivity index (χ4n) is 1.96. The fraction of sp³-hybridized carbons (Fsp3) is 0.636.